The smallest absolute Gasteiger partial charge is 0.281 e. The second-order valence-electron chi connectivity index (χ2n) is 5.51. The van der Waals surface area contributed by atoms with E-state index in [0.717, 1.165) is 8.78 Å². The summed E-state index contributed by atoms with van der Waals surface area (Å²) in [6, 6.07) is 4.48. The predicted molar refractivity (Wildman–Crippen MR) is 93.9 cm³/mol. The fourth-order valence-corrected chi connectivity index (χ4v) is 3.74. The van der Waals surface area contributed by atoms with E-state index >= 15 is 0 Å². The molecule has 0 N–H and O–H groups in total. The summed E-state index contributed by atoms with van der Waals surface area (Å²) in [7, 11) is -0.510. The largest absolute Gasteiger partial charge is 0.337 e. The molecule has 1 aromatic carbocycles. The fourth-order valence-electron chi connectivity index (χ4n) is 2.28. The lowest BCUT2D eigenvalue weighted by Crippen LogP contribution is -2.52. The first kappa shape index (κ1) is 19.0. The first-order valence-corrected chi connectivity index (χ1v) is 9.50. The van der Waals surface area contributed by atoms with Crippen molar-refractivity contribution in [3.05, 3.63) is 40.1 Å². The minimum Gasteiger partial charge on any atom is -0.337 e. The van der Waals surface area contributed by atoms with Crippen molar-refractivity contribution < 1.29 is 17.6 Å². The Morgan fingerprint density at radius 1 is 1.25 bits per heavy atom. The third-order valence-corrected chi connectivity index (χ3v) is 6.14. The first-order valence-electron chi connectivity index (χ1n) is 7.31. The van der Waals surface area contributed by atoms with E-state index in [1.807, 2.05) is 0 Å². The molecule has 2 rings (SSSR count). The number of halogens is 2. The molecular weight excluding hydrogens is 401 g/mol. The molecular formula is C15H19BrFN3O3S. The molecule has 1 amide bonds. The zero-order chi connectivity index (χ0) is 17.9. The second kappa shape index (κ2) is 7.73. The molecule has 0 aromatic heterocycles. The first-order chi connectivity index (χ1) is 11.2. The third-order valence-electron chi connectivity index (χ3n) is 3.70. The summed E-state index contributed by atoms with van der Waals surface area (Å²) in [5.41, 5.74) is 0.312. The highest BCUT2D eigenvalue weighted by Crippen LogP contribution is 2.17. The van der Waals surface area contributed by atoms with Gasteiger partial charge < -0.3 is 4.90 Å². The number of rotatable bonds is 4. The van der Waals surface area contributed by atoms with Crippen LogP contribution in [0.3, 0.4) is 0 Å². The minimum absolute atomic E-state index is 0.241. The van der Waals surface area contributed by atoms with Gasteiger partial charge in [0.1, 0.15) is 5.82 Å². The van der Waals surface area contributed by atoms with Gasteiger partial charge >= 0.3 is 0 Å². The maximum absolute atomic E-state index is 13.6. The van der Waals surface area contributed by atoms with Crippen LogP contribution in [0.15, 0.2) is 28.7 Å². The van der Waals surface area contributed by atoms with Gasteiger partial charge in [-0.2, -0.15) is 17.0 Å². The van der Waals surface area contributed by atoms with E-state index in [2.05, 4.69) is 15.9 Å². The SMILES string of the molecule is CN(C)S(=O)(=O)N1CCN(C(=O)C=Cc2cc(Br)ccc2F)CC1. The molecule has 1 saturated heterocycles. The summed E-state index contributed by atoms with van der Waals surface area (Å²) < 4.78 is 40.9. The number of amides is 1. The predicted octanol–water partition coefficient (Wildman–Crippen LogP) is 1.55. The van der Waals surface area contributed by atoms with E-state index in [1.54, 1.807) is 17.0 Å². The monoisotopic (exact) mass is 419 g/mol. The molecule has 0 bridgehead atoms. The zero-order valence-corrected chi connectivity index (χ0v) is 15.8. The molecule has 24 heavy (non-hydrogen) atoms. The number of carbonyl (C=O) groups is 1. The van der Waals surface area contributed by atoms with Crippen molar-refractivity contribution in [3.63, 3.8) is 0 Å². The molecule has 1 heterocycles. The van der Waals surface area contributed by atoms with Crippen LogP contribution in [0, 0.1) is 5.82 Å². The summed E-state index contributed by atoms with van der Waals surface area (Å²) in [5, 5.41) is 0. The van der Waals surface area contributed by atoms with Crippen LogP contribution < -0.4 is 0 Å². The molecule has 0 unspecified atom stereocenters. The highest BCUT2D eigenvalue weighted by molar-refractivity contribution is 9.10. The lowest BCUT2D eigenvalue weighted by atomic mass is 10.2. The van der Waals surface area contributed by atoms with Gasteiger partial charge in [0.05, 0.1) is 0 Å². The standard InChI is InChI=1S/C15H19BrFN3O3S/c1-18(2)24(22,23)20-9-7-19(8-10-20)15(21)6-3-12-11-13(16)4-5-14(12)17/h3-6,11H,7-10H2,1-2H3. The van der Waals surface area contributed by atoms with Crippen LogP contribution in [-0.2, 0) is 15.0 Å². The number of carbonyl (C=O) groups excluding carboxylic acids is 1. The highest BCUT2D eigenvalue weighted by atomic mass is 79.9. The maximum atomic E-state index is 13.6. The Balaban J connectivity index is 1.98. The van der Waals surface area contributed by atoms with Gasteiger partial charge in [-0.1, -0.05) is 15.9 Å². The molecule has 1 fully saturated rings. The molecule has 132 valence electrons. The quantitative estimate of drug-likeness (QED) is 0.695. The minimum atomic E-state index is -3.46. The fraction of sp³-hybridized carbons (Fsp3) is 0.400. The topological polar surface area (TPSA) is 60.9 Å². The van der Waals surface area contributed by atoms with Gasteiger partial charge in [-0.15, -0.1) is 0 Å². The van der Waals surface area contributed by atoms with E-state index in [4.69, 9.17) is 0 Å². The molecule has 0 atom stereocenters. The Labute approximate surface area is 149 Å². The van der Waals surface area contributed by atoms with Gasteiger partial charge in [-0.25, -0.2) is 4.39 Å². The van der Waals surface area contributed by atoms with Crippen molar-refractivity contribution in [2.75, 3.05) is 40.3 Å². The molecule has 0 saturated carbocycles. The van der Waals surface area contributed by atoms with Gasteiger partial charge in [-0.3, -0.25) is 4.79 Å². The van der Waals surface area contributed by atoms with E-state index in [9.17, 15) is 17.6 Å². The third kappa shape index (κ3) is 4.41. The van der Waals surface area contributed by atoms with Crippen LogP contribution in [0.2, 0.25) is 0 Å². The Bertz CT molecular complexity index is 744. The molecule has 0 aliphatic carbocycles. The average molecular weight is 420 g/mol. The van der Waals surface area contributed by atoms with Crippen molar-refractivity contribution >= 4 is 38.1 Å². The van der Waals surface area contributed by atoms with Crippen molar-refractivity contribution in [2.24, 2.45) is 0 Å². The number of piperazine rings is 1. The lowest BCUT2D eigenvalue weighted by Gasteiger charge is -2.34. The number of hydrogen-bond donors (Lipinski definition) is 0. The van der Waals surface area contributed by atoms with Crippen molar-refractivity contribution in [3.8, 4) is 0 Å². The van der Waals surface area contributed by atoms with Crippen molar-refractivity contribution in [1.82, 2.24) is 13.5 Å². The van der Waals surface area contributed by atoms with E-state index < -0.39 is 16.0 Å². The van der Waals surface area contributed by atoms with E-state index in [0.29, 0.717) is 18.7 Å². The summed E-state index contributed by atoms with van der Waals surface area (Å²) in [6.07, 6.45) is 2.73. The van der Waals surface area contributed by atoms with Gasteiger partial charge in [0.15, 0.2) is 0 Å². The molecule has 1 aromatic rings. The summed E-state index contributed by atoms with van der Waals surface area (Å²) >= 11 is 3.25. The zero-order valence-electron chi connectivity index (χ0n) is 13.4. The Morgan fingerprint density at radius 3 is 2.46 bits per heavy atom. The number of nitrogens with zero attached hydrogens (tertiary/aromatic N) is 3. The molecule has 1 aliphatic rings. The maximum Gasteiger partial charge on any atom is 0.281 e. The molecule has 0 radical (unpaired) electrons. The van der Waals surface area contributed by atoms with Crippen LogP contribution in [0.1, 0.15) is 5.56 Å². The molecule has 0 spiro atoms. The molecule has 9 heteroatoms. The van der Waals surface area contributed by atoms with Crippen molar-refractivity contribution in [2.45, 2.75) is 0 Å². The van der Waals surface area contributed by atoms with Crippen LogP contribution in [0.5, 0.6) is 0 Å². The van der Waals surface area contributed by atoms with Crippen molar-refractivity contribution in [1.29, 1.82) is 0 Å². The van der Waals surface area contributed by atoms with Crippen LogP contribution in [0.25, 0.3) is 6.08 Å². The summed E-state index contributed by atoms with van der Waals surface area (Å²) in [4.78, 5) is 13.7. The Morgan fingerprint density at radius 2 is 1.88 bits per heavy atom. The van der Waals surface area contributed by atoms with Gasteiger partial charge in [0, 0.05) is 56.4 Å². The van der Waals surface area contributed by atoms with E-state index in [-0.39, 0.29) is 19.0 Å². The van der Waals surface area contributed by atoms with E-state index in [1.165, 1.54) is 36.6 Å². The van der Waals surface area contributed by atoms with Gasteiger partial charge in [0.25, 0.3) is 10.2 Å². The van der Waals surface area contributed by atoms with Crippen LogP contribution in [0.4, 0.5) is 4.39 Å². The average Bonchev–Trinajstić information content (AvgIpc) is 2.55. The van der Waals surface area contributed by atoms with Crippen LogP contribution >= 0.6 is 15.9 Å². The van der Waals surface area contributed by atoms with Gasteiger partial charge in [0.2, 0.25) is 5.91 Å². The lowest BCUT2D eigenvalue weighted by molar-refractivity contribution is -0.127. The second-order valence-corrected chi connectivity index (χ2v) is 8.57. The normalized spacial score (nSPS) is 17.0. The van der Waals surface area contributed by atoms with Gasteiger partial charge in [-0.05, 0) is 24.3 Å². The Hall–Kier alpha value is -1.29. The van der Waals surface area contributed by atoms with Crippen LogP contribution in [-0.4, -0.2) is 68.1 Å². The molecule has 6 nitrogen and oxygen atoms in total. The summed E-state index contributed by atoms with van der Waals surface area (Å²) in [6.45, 7) is 1.09. The summed E-state index contributed by atoms with van der Waals surface area (Å²) in [5.74, 6) is -0.680. The number of hydrogen-bond acceptors (Lipinski definition) is 3. The molecule has 1 aliphatic heterocycles. The number of benzene rings is 1. The highest BCUT2D eigenvalue weighted by Gasteiger charge is 2.29. The Kier molecular flexibility index (Phi) is 6.13.